The van der Waals surface area contributed by atoms with Crippen molar-refractivity contribution in [2.75, 3.05) is 13.2 Å². The molecule has 1 saturated heterocycles. The fraction of sp³-hybridized carbons (Fsp3) is 0.318. The first-order chi connectivity index (χ1) is 26.0. The highest BCUT2D eigenvalue weighted by Crippen LogP contribution is 2.32. The van der Waals surface area contributed by atoms with Crippen molar-refractivity contribution in [3.63, 3.8) is 0 Å². The summed E-state index contributed by atoms with van der Waals surface area (Å²) in [5.74, 6) is -1.79. The molecule has 1 fully saturated rings. The second-order valence-corrected chi connectivity index (χ2v) is 12.6. The Balaban J connectivity index is 1.46. The molecule has 5 atom stereocenters. The molecule has 0 aromatic heterocycles. The zero-order chi connectivity index (χ0) is 37.1. The molecule has 1 aliphatic heterocycles. The molecule has 5 rings (SSSR count). The molecule has 1 heterocycles. The molecule has 1 N–H and O–H groups in total. The van der Waals surface area contributed by atoms with E-state index < -0.39 is 48.9 Å². The van der Waals surface area contributed by atoms with Crippen LogP contribution in [0.2, 0.25) is 0 Å². The van der Waals surface area contributed by atoms with Crippen LogP contribution in [0.25, 0.3) is 0 Å². The number of carbonyl (C=O) groups excluding carboxylic acids is 1. The largest absolute Gasteiger partial charge is 0.481 e. The monoisotopic (exact) mass is 720 g/mol. The van der Waals surface area contributed by atoms with Crippen molar-refractivity contribution >= 4 is 11.9 Å². The van der Waals surface area contributed by atoms with E-state index in [4.69, 9.17) is 28.4 Å². The van der Waals surface area contributed by atoms with Crippen molar-refractivity contribution in [2.45, 2.75) is 76.7 Å². The predicted octanol–water partition coefficient (Wildman–Crippen LogP) is 7.64. The zero-order valence-corrected chi connectivity index (χ0v) is 30.0. The lowest BCUT2D eigenvalue weighted by Gasteiger charge is -2.46. The van der Waals surface area contributed by atoms with Gasteiger partial charge in [0.1, 0.15) is 24.4 Å². The van der Waals surface area contributed by atoms with Gasteiger partial charge in [-0.1, -0.05) is 140 Å². The quantitative estimate of drug-likeness (QED) is 0.0560. The van der Waals surface area contributed by atoms with E-state index in [1.54, 1.807) is 13.0 Å². The van der Waals surface area contributed by atoms with E-state index in [-0.39, 0.29) is 18.8 Å². The molecular weight excluding hydrogens is 672 g/mol. The van der Waals surface area contributed by atoms with Gasteiger partial charge in [0.05, 0.1) is 52.2 Å². The maximum absolute atomic E-state index is 12.4. The van der Waals surface area contributed by atoms with Gasteiger partial charge in [-0.05, 0) is 35.6 Å². The van der Waals surface area contributed by atoms with Crippen LogP contribution in [0.4, 0.5) is 0 Å². The Hall–Kier alpha value is -4.90. The van der Waals surface area contributed by atoms with Gasteiger partial charge in [-0.25, -0.2) is 4.79 Å². The Bertz CT molecular complexity index is 1710. The zero-order valence-electron chi connectivity index (χ0n) is 30.0. The molecule has 9 heteroatoms. The molecule has 0 bridgehead atoms. The minimum atomic E-state index is -1.12. The van der Waals surface area contributed by atoms with Crippen LogP contribution in [0, 0.1) is 0 Å². The Morgan fingerprint density at radius 2 is 1.09 bits per heavy atom. The van der Waals surface area contributed by atoms with Crippen molar-refractivity contribution in [2.24, 2.45) is 0 Å². The minimum Gasteiger partial charge on any atom is -0.481 e. The van der Waals surface area contributed by atoms with Gasteiger partial charge in [-0.2, -0.15) is 0 Å². The molecule has 53 heavy (non-hydrogen) atoms. The van der Waals surface area contributed by atoms with E-state index in [9.17, 15) is 14.7 Å². The molecule has 0 aliphatic carbocycles. The molecular formula is C44H48O9. The van der Waals surface area contributed by atoms with Crippen molar-refractivity contribution in [1.82, 2.24) is 0 Å². The number of carboxylic acid groups (broad SMARTS) is 1. The van der Waals surface area contributed by atoms with Crippen LogP contribution < -0.4 is 0 Å². The van der Waals surface area contributed by atoms with E-state index in [2.05, 4.69) is 0 Å². The topological polar surface area (TPSA) is 110 Å². The highest BCUT2D eigenvalue weighted by molar-refractivity contribution is 5.93. The van der Waals surface area contributed by atoms with Crippen molar-refractivity contribution in [1.29, 1.82) is 0 Å². The molecule has 0 spiro atoms. The summed E-state index contributed by atoms with van der Waals surface area (Å²) in [7, 11) is 0. The van der Waals surface area contributed by atoms with E-state index in [0.717, 1.165) is 22.3 Å². The number of aliphatic carboxylic acids is 1. The normalized spacial score (nSPS) is 20.3. The fourth-order valence-corrected chi connectivity index (χ4v) is 6.06. The first kappa shape index (κ1) is 39.3. The second kappa shape index (κ2) is 21.6. The van der Waals surface area contributed by atoms with Gasteiger partial charge < -0.3 is 33.5 Å². The Morgan fingerprint density at radius 1 is 0.642 bits per heavy atom. The summed E-state index contributed by atoms with van der Waals surface area (Å²) >= 11 is 0. The summed E-state index contributed by atoms with van der Waals surface area (Å²) in [5.41, 5.74) is 4.09. The van der Waals surface area contributed by atoms with Gasteiger partial charge in [-0.3, -0.25) is 4.79 Å². The summed E-state index contributed by atoms with van der Waals surface area (Å²) in [6, 6.07) is 39.8. The van der Waals surface area contributed by atoms with Crippen LogP contribution in [0.1, 0.15) is 42.0 Å². The minimum absolute atomic E-state index is 0.0441. The molecule has 0 amide bonds. The number of benzene rings is 4. The molecule has 0 radical (unpaired) electrons. The SMILES string of the molecule is CCOC(=O)/C(=C\C=C\C[C@@H]1O[C@H](COCc2ccccc2)[C@@H](OCc2ccccc2)[C@H](OCc2ccccc2)[C@H]1OCc1ccccc1)CC(=O)O. The average Bonchev–Trinajstić information content (AvgIpc) is 3.18. The molecule has 9 nitrogen and oxygen atoms in total. The van der Waals surface area contributed by atoms with E-state index in [0.29, 0.717) is 32.8 Å². The molecule has 1 aliphatic rings. The van der Waals surface area contributed by atoms with Crippen LogP contribution in [0.5, 0.6) is 0 Å². The highest BCUT2D eigenvalue weighted by Gasteiger charge is 2.48. The fourth-order valence-electron chi connectivity index (χ4n) is 6.06. The van der Waals surface area contributed by atoms with Crippen LogP contribution in [0.15, 0.2) is 145 Å². The molecule has 4 aromatic carbocycles. The third-order valence-corrected chi connectivity index (χ3v) is 8.66. The van der Waals surface area contributed by atoms with Crippen LogP contribution in [-0.2, 0) is 64.4 Å². The summed E-state index contributed by atoms with van der Waals surface area (Å²) in [5, 5.41) is 9.38. The van der Waals surface area contributed by atoms with Gasteiger partial charge in [0.2, 0.25) is 0 Å². The number of rotatable bonds is 20. The number of ether oxygens (including phenoxy) is 6. The number of allylic oxidation sites excluding steroid dienone is 2. The van der Waals surface area contributed by atoms with Crippen molar-refractivity contribution in [3.8, 4) is 0 Å². The van der Waals surface area contributed by atoms with Crippen LogP contribution in [-0.4, -0.2) is 60.8 Å². The van der Waals surface area contributed by atoms with Crippen molar-refractivity contribution in [3.05, 3.63) is 167 Å². The van der Waals surface area contributed by atoms with Gasteiger partial charge in [0, 0.05) is 5.57 Å². The lowest BCUT2D eigenvalue weighted by Crippen LogP contribution is -2.61. The number of esters is 1. The molecule has 0 saturated carbocycles. The third-order valence-electron chi connectivity index (χ3n) is 8.66. The van der Waals surface area contributed by atoms with Gasteiger partial charge in [0.25, 0.3) is 0 Å². The summed E-state index contributed by atoms with van der Waals surface area (Å²) < 4.78 is 38.4. The number of carbonyl (C=O) groups is 2. The lowest BCUT2D eigenvalue weighted by molar-refractivity contribution is -0.271. The second-order valence-electron chi connectivity index (χ2n) is 12.6. The Morgan fingerprint density at radius 3 is 1.57 bits per heavy atom. The van der Waals surface area contributed by atoms with Crippen molar-refractivity contribution < 1.29 is 43.1 Å². The first-order valence-corrected chi connectivity index (χ1v) is 18.0. The van der Waals surface area contributed by atoms with Crippen LogP contribution in [0.3, 0.4) is 0 Å². The standard InChI is InChI=1S/C44H48O9/c1-2-49-44(47)37(27-40(45)46)25-15-16-26-38-41(50-29-34-19-9-4-10-20-34)43(52-31-36-23-13-6-14-24-36)42(51-30-35-21-11-5-12-22-35)39(53-38)32-48-28-33-17-7-3-8-18-33/h3-25,38-39,41-43H,2,26-32H2,1H3,(H,45,46)/b16-15+,37-25-/t38-,39+,41-,42+,43+/m0/s1. The van der Waals surface area contributed by atoms with Gasteiger partial charge in [-0.15, -0.1) is 0 Å². The summed E-state index contributed by atoms with van der Waals surface area (Å²) in [6.07, 6.45) is 2.11. The highest BCUT2D eigenvalue weighted by atomic mass is 16.6. The van der Waals surface area contributed by atoms with Gasteiger partial charge in [0.15, 0.2) is 0 Å². The average molecular weight is 721 g/mol. The Labute approximate surface area is 311 Å². The van der Waals surface area contributed by atoms with Crippen LogP contribution >= 0.6 is 0 Å². The number of hydrogen-bond donors (Lipinski definition) is 1. The summed E-state index contributed by atoms with van der Waals surface area (Å²) in [6.45, 7) is 3.41. The molecule has 278 valence electrons. The summed E-state index contributed by atoms with van der Waals surface area (Å²) in [4.78, 5) is 23.9. The third kappa shape index (κ3) is 12.9. The smallest absolute Gasteiger partial charge is 0.334 e. The maximum atomic E-state index is 12.4. The molecule has 4 aromatic rings. The number of carboxylic acids is 1. The van der Waals surface area contributed by atoms with E-state index in [1.165, 1.54) is 6.08 Å². The van der Waals surface area contributed by atoms with E-state index in [1.807, 2.05) is 127 Å². The van der Waals surface area contributed by atoms with E-state index >= 15 is 0 Å². The Kier molecular flexibility index (Phi) is 16.0. The molecule has 0 unspecified atom stereocenters. The number of hydrogen-bond acceptors (Lipinski definition) is 8. The van der Waals surface area contributed by atoms with Gasteiger partial charge >= 0.3 is 11.9 Å². The lowest BCUT2D eigenvalue weighted by atomic mass is 9.92. The first-order valence-electron chi connectivity index (χ1n) is 18.0. The maximum Gasteiger partial charge on any atom is 0.334 e. The predicted molar refractivity (Wildman–Crippen MR) is 201 cm³/mol.